The molecule has 3 rings (SSSR count). The van der Waals surface area contributed by atoms with Crippen molar-refractivity contribution in [3.63, 3.8) is 0 Å². The van der Waals surface area contributed by atoms with Gasteiger partial charge < -0.3 is 5.11 Å². The second kappa shape index (κ2) is 4.12. The summed E-state index contributed by atoms with van der Waals surface area (Å²) in [5.41, 5.74) is 3.49. The van der Waals surface area contributed by atoms with Crippen LogP contribution in [0.2, 0.25) is 0 Å². The highest BCUT2D eigenvalue weighted by atomic mass is 16.3. The van der Waals surface area contributed by atoms with E-state index in [1.165, 1.54) is 25.5 Å². The second-order valence-electron chi connectivity index (χ2n) is 5.27. The summed E-state index contributed by atoms with van der Waals surface area (Å²) in [5, 5.41) is 13.4. The summed E-state index contributed by atoms with van der Waals surface area (Å²) in [6.45, 7) is 0. The number of phenolic OH excluding ortho intramolecular Hbond substituents is 1. The van der Waals surface area contributed by atoms with Gasteiger partial charge in [0.1, 0.15) is 5.75 Å². The number of aromatic hydroxyl groups is 1. The second-order valence-corrected chi connectivity index (χ2v) is 5.27. The van der Waals surface area contributed by atoms with Crippen molar-refractivity contribution >= 4 is 12.1 Å². The zero-order valence-electron chi connectivity index (χ0n) is 10.1. The molecule has 0 aromatic heterocycles. The van der Waals surface area contributed by atoms with Gasteiger partial charge in [0.05, 0.1) is 6.21 Å². The van der Waals surface area contributed by atoms with Gasteiger partial charge in [0.25, 0.3) is 0 Å². The van der Waals surface area contributed by atoms with Gasteiger partial charge in [0.15, 0.2) is 0 Å². The molecule has 0 radical (unpaired) electrons. The SMILES string of the molecule is O=C(NN=Cc1ccccc1O)C1CC12CCC2. The Morgan fingerprint density at radius 1 is 1.44 bits per heavy atom. The van der Waals surface area contributed by atoms with Gasteiger partial charge in [-0.25, -0.2) is 5.43 Å². The van der Waals surface area contributed by atoms with E-state index in [1.54, 1.807) is 18.2 Å². The molecule has 2 saturated carbocycles. The summed E-state index contributed by atoms with van der Waals surface area (Å²) in [6, 6.07) is 6.89. The van der Waals surface area contributed by atoms with E-state index in [0.29, 0.717) is 11.0 Å². The molecule has 0 saturated heterocycles. The van der Waals surface area contributed by atoms with E-state index in [0.717, 1.165) is 6.42 Å². The van der Waals surface area contributed by atoms with Crippen molar-refractivity contribution in [1.29, 1.82) is 0 Å². The van der Waals surface area contributed by atoms with Crippen LogP contribution in [-0.4, -0.2) is 17.2 Å². The maximum absolute atomic E-state index is 11.8. The van der Waals surface area contributed by atoms with Crippen LogP contribution in [0.3, 0.4) is 0 Å². The van der Waals surface area contributed by atoms with Gasteiger partial charge in [-0.3, -0.25) is 4.79 Å². The summed E-state index contributed by atoms with van der Waals surface area (Å²) in [6.07, 6.45) is 6.13. The highest BCUT2D eigenvalue weighted by Crippen LogP contribution is 2.65. The zero-order valence-corrected chi connectivity index (χ0v) is 10.1. The monoisotopic (exact) mass is 244 g/mol. The van der Waals surface area contributed by atoms with Gasteiger partial charge in [0.2, 0.25) is 5.91 Å². The van der Waals surface area contributed by atoms with Crippen LogP contribution < -0.4 is 5.43 Å². The summed E-state index contributed by atoms with van der Waals surface area (Å²) in [4.78, 5) is 11.8. The number of carbonyl (C=O) groups is 1. The minimum atomic E-state index is 0.0152. The first-order valence-corrected chi connectivity index (χ1v) is 6.32. The third kappa shape index (κ3) is 1.88. The third-order valence-electron chi connectivity index (χ3n) is 4.17. The fraction of sp³-hybridized carbons (Fsp3) is 0.429. The average Bonchev–Trinajstić information content (AvgIpc) is 3.07. The van der Waals surface area contributed by atoms with Crippen molar-refractivity contribution in [2.75, 3.05) is 0 Å². The summed E-state index contributed by atoms with van der Waals surface area (Å²) in [5.74, 6) is 0.339. The topological polar surface area (TPSA) is 61.7 Å². The highest BCUT2D eigenvalue weighted by molar-refractivity contribution is 5.86. The molecular formula is C14H16N2O2. The number of nitrogens with zero attached hydrogens (tertiary/aromatic N) is 1. The molecule has 18 heavy (non-hydrogen) atoms. The summed E-state index contributed by atoms with van der Waals surface area (Å²) >= 11 is 0. The molecule has 0 heterocycles. The van der Waals surface area contributed by atoms with E-state index in [4.69, 9.17) is 0 Å². The van der Waals surface area contributed by atoms with Gasteiger partial charge in [-0.15, -0.1) is 0 Å². The number of hydrazone groups is 1. The molecule has 1 unspecified atom stereocenters. The lowest BCUT2D eigenvalue weighted by molar-refractivity contribution is -0.123. The van der Waals surface area contributed by atoms with Crippen LogP contribution in [0.4, 0.5) is 0 Å². The fourth-order valence-corrected chi connectivity index (χ4v) is 2.74. The Morgan fingerprint density at radius 3 is 2.83 bits per heavy atom. The fourth-order valence-electron chi connectivity index (χ4n) is 2.74. The van der Waals surface area contributed by atoms with E-state index in [2.05, 4.69) is 10.5 Å². The number of phenols is 1. The van der Waals surface area contributed by atoms with Crippen molar-refractivity contribution in [1.82, 2.24) is 5.43 Å². The van der Waals surface area contributed by atoms with Crippen LogP contribution >= 0.6 is 0 Å². The first kappa shape index (κ1) is 11.3. The van der Waals surface area contributed by atoms with Crippen molar-refractivity contribution < 1.29 is 9.90 Å². The largest absolute Gasteiger partial charge is 0.507 e. The van der Waals surface area contributed by atoms with E-state index >= 15 is 0 Å². The number of hydrogen-bond acceptors (Lipinski definition) is 3. The van der Waals surface area contributed by atoms with Gasteiger partial charge in [-0.2, -0.15) is 5.10 Å². The molecule has 0 aliphatic heterocycles. The van der Waals surface area contributed by atoms with E-state index in [9.17, 15) is 9.90 Å². The molecule has 2 aliphatic carbocycles. The number of benzene rings is 1. The van der Waals surface area contributed by atoms with Crippen LogP contribution in [0.1, 0.15) is 31.2 Å². The molecule has 0 bridgehead atoms. The normalized spacial score (nSPS) is 23.9. The molecule has 94 valence electrons. The summed E-state index contributed by atoms with van der Waals surface area (Å²) in [7, 11) is 0. The molecule has 4 nitrogen and oxygen atoms in total. The molecule has 2 fully saturated rings. The zero-order chi connectivity index (χ0) is 12.6. The predicted molar refractivity (Wildman–Crippen MR) is 68.2 cm³/mol. The lowest BCUT2D eigenvalue weighted by Gasteiger charge is -2.25. The van der Waals surface area contributed by atoms with E-state index < -0.39 is 0 Å². The van der Waals surface area contributed by atoms with Gasteiger partial charge in [-0.1, -0.05) is 18.6 Å². The molecule has 1 spiro atoms. The van der Waals surface area contributed by atoms with Crippen LogP contribution in [0, 0.1) is 11.3 Å². The number of para-hydroxylation sites is 1. The predicted octanol–water partition coefficient (Wildman–Crippen LogP) is 2.03. The summed E-state index contributed by atoms with van der Waals surface area (Å²) < 4.78 is 0. The Hall–Kier alpha value is -1.84. The molecular weight excluding hydrogens is 228 g/mol. The van der Waals surface area contributed by atoms with Crippen LogP contribution in [0.15, 0.2) is 29.4 Å². The smallest absolute Gasteiger partial charge is 0.243 e. The Labute approximate surface area is 106 Å². The van der Waals surface area contributed by atoms with Gasteiger partial charge in [0, 0.05) is 11.5 Å². The minimum Gasteiger partial charge on any atom is -0.507 e. The van der Waals surface area contributed by atoms with Gasteiger partial charge in [-0.05, 0) is 36.8 Å². The Balaban J connectivity index is 1.55. The first-order chi connectivity index (χ1) is 8.71. The van der Waals surface area contributed by atoms with Crippen molar-refractivity contribution in [3.05, 3.63) is 29.8 Å². The Kier molecular flexibility index (Phi) is 2.58. The molecule has 1 amide bonds. The van der Waals surface area contributed by atoms with Gasteiger partial charge >= 0.3 is 0 Å². The quantitative estimate of drug-likeness (QED) is 0.631. The molecule has 2 N–H and O–H groups in total. The average molecular weight is 244 g/mol. The number of rotatable bonds is 3. The van der Waals surface area contributed by atoms with E-state index in [1.807, 2.05) is 6.07 Å². The number of hydrogen-bond donors (Lipinski definition) is 2. The molecule has 4 heteroatoms. The number of nitrogens with one attached hydrogen (secondary N) is 1. The van der Waals surface area contributed by atoms with E-state index in [-0.39, 0.29) is 17.6 Å². The lowest BCUT2D eigenvalue weighted by atomic mass is 9.80. The lowest BCUT2D eigenvalue weighted by Crippen LogP contribution is -2.26. The number of carbonyl (C=O) groups excluding carboxylic acids is 1. The first-order valence-electron chi connectivity index (χ1n) is 6.32. The van der Waals surface area contributed by atoms with Crippen LogP contribution in [0.5, 0.6) is 5.75 Å². The van der Waals surface area contributed by atoms with Crippen molar-refractivity contribution in [2.45, 2.75) is 25.7 Å². The molecule has 1 aromatic rings. The van der Waals surface area contributed by atoms with Crippen LogP contribution in [0.25, 0.3) is 0 Å². The minimum absolute atomic E-state index is 0.0152. The molecule has 2 aliphatic rings. The Bertz CT molecular complexity index is 506. The maximum atomic E-state index is 11.8. The third-order valence-corrected chi connectivity index (χ3v) is 4.17. The van der Waals surface area contributed by atoms with Crippen molar-refractivity contribution in [2.24, 2.45) is 16.4 Å². The highest BCUT2D eigenvalue weighted by Gasteiger charge is 2.60. The Morgan fingerprint density at radius 2 is 2.22 bits per heavy atom. The van der Waals surface area contributed by atoms with Crippen molar-refractivity contribution in [3.8, 4) is 5.75 Å². The number of amides is 1. The molecule has 1 atom stereocenters. The molecule has 1 aromatic carbocycles. The van der Waals surface area contributed by atoms with Crippen LogP contribution in [-0.2, 0) is 4.79 Å². The standard InChI is InChI=1S/C14H16N2O2/c17-12-5-2-1-4-10(12)9-15-16-13(18)11-8-14(11)6-3-7-14/h1-2,4-5,9,11,17H,3,6-8H2,(H,16,18). The maximum Gasteiger partial charge on any atom is 0.243 e.